The van der Waals surface area contributed by atoms with Crippen LogP contribution in [0, 0.1) is 5.92 Å². The molecule has 1 fully saturated rings. The maximum atomic E-state index is 12.4. The number of thioether (sulfide) groups is 1. The average Bonchev–Trinajstić information content (AvgIpc) is 2.86. The van der Waals surface area contributed by atoms with Gasteiger partial charge in [-0.1, -0.05) is 68.2 Å². The predicted octanol–water partition coefficient (Wildman–Crippen LogP) is 4.28. The molecule has 1 atom stereocenters. The number of unbranched alkanes of at least 4 members (excludes halogenated alkanes) is 1. The lowest BCUT2D eigenvalue weighted by Crippen LogP contribution is -2.41. The van der Waals surface area contributed by atoms with Crippen molar-refractivity contribution in [2.75, 3.05) is 5.75 Å². The number of amides is 1. The van der Waals surface area contributed by atoms with Gasteiger partial charge in [0.25, 0.3) is 0 Å². The van der Waals surface area contributed by atoms with Crippen LogP contribution in [-0.2, 0) is 11.2 Å². The summed E-state index contributed by atoms with van der Waals surface area (Å²) in [5, 5.41) is 0. The normalized spacial score (nSPS) is 18.5. The second-order valence-electron chi connectivity index (χ2n) is 5.84. The molecular weight excluding hydrogens is 298 g/mol. The molecule has 1 aliphatic heterocycles. The van der Waals surface area contributed by atoms with E-state index in [0.29, 0.717) is 12.3 Å². The van der Waals surface area contributed by atoms with Crippen LogP contribution in [-0.4, -0.2) is 26.9 Å². The first kappa shape index (κ1) is 16.5. The Bertz CT molecular complexity index is 487. The Balaban J connectivity index is 1.77. The molecule has 0 aliphatic carbocycles. The van der Waals surface area contributed by atoms with E-state index in [1.807, 2.05) is 11.0 Å². The fraction of sp³-hybridized carbons (Fsp3) is 0.529. The van der Waals surface area contributed by atoms with Crippen molar-refractivity contribution >= 4 is 34.2 Å². The first-order chi connectivity index (χ1) is 10.1. The third-order valence-corrected chi connectivity index (χ3v) is 5.40. The van der Waals surface area contributed by atoms with Gasteiger partial charge in [0.15, 0.2) is 0 Å². The molecule has 1 saturated heterocycles. The zero-order valence-corrected chi connectivity index (χ0v) is 14.4. The van der Waals surface area contributed by atoms with E-state index < -0.39 is 0 Å². The summed E-state index contributed by atoms with van der Waals surface area (Å²) in [5.74, 6) is 1.62. The largest absolute Gasteiger partial charge is 0.294 e. The number of nitrogens with zero attached hydrogens (tertiary/aromatic N) is 1. The van der Waals surface area contributed by atoms with Crippen molar-refractivity contribution in [2.45, 2.75) is 45.6 Å². The first-order valence-electron chi connectivity index (χ1n) is 7.62. The van der Waals surface area contributed by atoms with Crippen molar-refractivity contribution in [1.82, 2.24) is 4.90 Å². The van der Waals surface area contributed by atoms with Crippen LogP contribution in [0.1, 0.15) is 38.7 Å². The fourth-order valence-corrected chi connectivity index (χ4v) is 4.25. The van der Waals surface area contributed by atoms with E-state index in [1.165, 1.54) is 5.56 Å². The van der Waals surface area contributed by atoms with Gasteiger partial charge in [0.2, 0.25) is 5.91 Å². The van der Waals surface area contributed by atoms with E-state index in [2.05, 4.69) is 38.1 Å². The number of hydrogen-bond donors (Lipinski definition) is 0. The summed E-state index contributed by atoms with van der Waals surface area (Å²) in [6.45, 7) is 4.32. The van der Waals surface area contributed by atoms with Gasteiger partial charge in [-0.25, -0.2) is 0 Å². The summed E-state index contributed by atoms with van der Waals surface area (Å²) in [6.07, 6.45) is 3.63. The van der Waals surface area contributed by atoms with Gasteiger partial charge in [-0.05, 0) is 30.7 Å². The van der Waals surface area contributed by atoms with E-state index in [1.54, 1.807) is 11.8 Å². The van der Waals surface area contributed by atoms with Crippen molar-refractivity contribution in [3.63, 3.8) is 0 Å². The van der Waals surface area contributed by atoms with Gasteiger partial charge in [-0.2, -0.15) is 0 Å². The minimum Gasteiger partial charge on any atom is -0.294 e. The molecule has 1 amide bonds. The number of carbonyl (C=O) groups is 1. The van der Waals surface area contributed by atoms with Crippen LogP contribution in [0.4, 0.5) is 0 Å². The first-order valence-corrected chi connectivity index (χ1v) is 9.01. The van der Waals surface area contributed by atoms with Gasteiger partial charge in [-0.15, -0.1) is 0 Å². The van der Waals surface area contributed by atoms with E-state index in [0.717, 1.165) is 29.3 Å². The molecule has 0 bridgehead atoms. The summed E-state index contributed by atoms with van der Waals surface area (Å²) in [4.78, 5) is 14.3. The molecule has 0 unspecified atom stereocenters. The molecule has 0 N–H and O–H groups in total. The lowest BCUT2D eigenvalue weighted by Gasteiger charge is -2.26. The molecule has 1 aromatic carbocycles. The van der Waals surface area contributed by atoms with Crippen LogP contribution in [0.5, 0.6) is 0 Å². The van der Waals surface area contributed by atoms with E-state index in [4.69, 9.17) is 12.2 Å². The van der Waals surface area contributed by atoms with Crippen molar-refractivity contribution in [1.29, 1.82) is 0 Å². The molecular formula is C17H23NOS2. The number of carbonyl (C=O) groups excluding carboxylic acids is 1. The SMILES string of the molecule is CC(C)[C@H]1CSC(=S)N1C(=O)CCCCc1ccccc1. The summed E-state index contributed by atoms with van der Waals surface area (Å²) in [5.41, 5.74) is 1.34. The Morgan fingerprint density at radius 3 is 2.71 bits per heavy atom. The molecule has 0 aromatic heterocycles. The lowest BCUT2D eigenvalue weighted by atomic mass is 10.0. The average molecular weight is 322 g/mol. The van der Waals surface area contributed by atoms with Gasteiger partial charge < -0.3 is 0 Å². The Morgan fingerprint density at radius 1 is 1.33 bits per heavy atom. The van der Waals surface area contributed by atoms with Gasteiger partial charge >= 0.3 is 0 Å². The quantitative estimate of drug-likeness (QED) is 0.576. The van der Waals surface area contributed by atoms with Crippen LogP contribution >= 0.6 is 24.0 Å². The molecule has 1 heterocycles. The second-order valence-corrected chi connectivity index (χ2v) is 7.50. The van der Waals surface area contributed by atoms with Gasteiger partial charge in [0.05, 0.1) is 0 Å². The molecule has 0 spiro atoms. The van der Waals surface area contributed by atoms with Crippen LogP contribution < -0.4 is 0 Å². The number of thiocarbonyl (C=S) groups is 1. The summed E-state index contributed by atoms with van der Waals surface area (Å²) in [6, 6.07) is 10.7. The highest BCUT2D eigenvalue weighted by Crippen LogP contribution is 2.29. The van der Waals surface area contributed by atoms with Crippen LogP contribution in [0.3, 0.4) is 0 Å². The molecule has 0 radical (unpaired) electrons. The molecule has 1 aliphatic rings. The van der Waals surface area contributed by atoms with E-state index >= 15 is 0 Å². The molecule has 0 saturated carbocycles. The Labute approximate surface area is 137 Å². The minimum atomic E-state index is 0.205. The molecule has 1 aromatic rings. The minimum absolute atomic E-state index is 0.205. The van der Waals surface area contributed by atoms with Crippen LogP contribution in [0.25, 0.3) is 0 Å². The van der Waals surface area contributed by atoms with Gasteiger partial charge in [-0.3, -0.25) is 9.69 Å². The van der Waals surface area contributed by atoms with E-state index in [-0.39, 0.29) is 11.9 Å². The molecule has 2 rings (SSSR count). The maximum Gasteiger partial charge on any atom is 0.228 e. The monoisotopic (exact) mass is 321 g/mol. The van der Waals surface area contributed by atoms with Crippen molar-refractivity contribution in [3.8, 4) is 0 Å². The fourth-order valence-electron chi connectivity index (χ4n) is 2.58. The zero-order valence-electron chi connectivity index (χ0n) is 12.7. The number of benzene rings is 1. The van der Waals surface area contributed by atoms with Crippen LogP contribution in [0.15, 0.2) is 30.3 Å². The number of rotatable bonds is 6. The highest BCUT2D eigenvalue weighted by molar-refractivity contribution is 8.23. The molecule has 114 valence electrons. The Morgan fingerprint density at radius 2 is 2.05 bits per heavy atom. The Kier molecular flexibility index (Phi) is 6.24. The number of hydrogen-bond acceptors (Lipinski definition) is 3. The predicted molar refractivity (Wildman–Crippen MR) is 94.5 cm³/mol. The number of aryl methyl sites for hydroxylation is 1. The summed E-state index contributed by atoms with van der Waals surface area (Å²) >= 11 is 6.98. The topological polar surface area (TPSA) is 20.3 Å². The van der Waals surface area contributed by atoms with Crippen LogP contribution in [0.2, 0.25) is 0 Å². The second kappa shape index (κ2) is 7.95. The molecule has 4 heteroatoms. The van der Waals surface area contributed by atoms with Crippen molar-refractivity contribution in [2.24, 2.45) is 5.92 Å². The highest BCUT2D eigenvalue weighted by Gasteiger charge is 2.35. The third-order valence-electron chi connectivity index (χ3n) is 3.89. The summed E-state index contributed by atoms with van der Waals surface area (Å²) in [7, 11) is 0. The van der Waals surface area contributed by atoms with Gasteiger partial charge in [0, 0.05) is 18.2 Å². The van der Waals surface area contributed by atoms with Gasteiger partial charge in [0.1, 0.15) is 4.32 Å². The van der Waals surface area contributed by atoms with E-state index in [9.17, 15) is 4.79 Å². The smallest absolute Gasteiger partial charge is 0.228 e. The molecule has 2 nitrogen and oxygen atoms in total. The summed E-state index contributed by atoms with van der Waals surface area (Å²) < 4.78 is 0.766. The maximum absolute atomic E-state index is 12.4. The standard InChI is InChI=1S/C17H23NOS2/c1-13(2)15-12-21-17(20)18(15)16(19)11-7-6-10-14-8-4-3-5-9-14/h3-5,8-9,13,15H,6-7,10-12H2,1-2H3/t15-/m1/s1. The molecule has 21 heavy (non-hydrogen) atoms. The Hall–Kier alpha value is -0.870. The highest BCUT2D eigenvalue weighted by atomic mass is 32.2. The van der Waals surface area contributed by atoms with Crippen molar-refractivity contribution < 1.29 is 4.79 Å². The zero-order chi connectivity index (χ0) is 15.2. The van der Waals surface area contributed by atoms with Crippen molar-refractivity contribution in [3.05, 3.63) is 35.9 Å². The lowest BCUT2D eigenvalue weighted by molar-refractivity contribution is -0.128. The third kappa shape index (κ3) is 4.55.